The van der Waals surface area contributed by atoms with E-state index >= 15 is 0 Å². The van der Waals surface area contributed by atoms with E-state index in [2.05, 4.69) is 0 Å². The number of phenolic OH excluding ortho intramolecular Hbond substituents is 2. The minimum atomic E-state index is -2.11. The van der Waals surface area contributed by atoms with Crippen LogP contribution in [0, 0.1) is 11.8 Å². The Morgan fingerprint density at radius 1 is 0.805 bits per heavy atom. The van der Waals surface area contributed by atoms with E-state index in [9.17, 15) is 35.7 Å². The van der Waals surface area contributed by atoms with Gasteiger partial charge in [0, 0.05) is 31.1 Å². The molecule has 1 fully saturated rings. The minimum absolute atomic E-state index is 0.0348. The first-order valence-corrected chi connectivity index (χ1v) is 13.0. The number of methoxy groups -OCH3 is 5. The first-order chi connectivity index (χ1) is 19.6. The van der Waals surface area contributed by atoms with E-state index in [0.717, 1.165) is 0 Å². The molecule has 0 amide bonds. The highest BCUT2D eigenvalue weighted by Gasteiger charge is 2.63. The van der Waals surface area contributed by atoms with Crippen molar-refractivity contribution in [3.8, 4) is 34.5 Å². The summed E-state index contributed by atoms with van der Waals surface area (Å²) in [4.78, 5) is 0. The lowest BCUT2D eigenvalue weighted by atomic mass is 9.61. The van der Waals surface area contributed by atoms with Gasteiger partial charge in [-0.3, -0.25) is 0 Å². The molecule has 41 heavy (non-hydrogen) atoms. The Hall–Kier alpha value is -3.04. The zero-order valence-electron chi connectivity index (χ0n) is 23.5. The second-order valence-corrected chi connectivity index (χ2v) is 10.1. The second-order valence-electron chi connectivity index (χ2n) is 10.1. The van der Waals surface area contributed by atoms with Gasteiger partial charge in [0.1, 0.15) is 24.4 Å². The molecule has 0 saturated carbocycles. The predicted molar refractivity (Wildman–Crippen MR) is 142 cm³/mol. The van der Waals surface area contributed by atoms with Gasteiger partial charge in [-0.25, -0.2) is 0 Å². The average molecular weight is 583 g/mol. The number of hydrogen-bond acceptors (Lipinski definition) is 13. The van der Waals surface area contributed by atoms with Crippen molar-refractivity contribution in [1.29, 1.82) is 0 Å². The van der Waals surface area contributed by atoms with Crippen molar-refractivity contribution in [2.24, 2.45) is 11.8 Å². The van der Waals surface area contributed by atoms with Crippen molar-refractivity contribution < 1.29 is 64.2 Å². The van der Waals surface area contributed by atoms with Gasteiger partial charge in [0.15, 0.2) is 23.0 Å². The van der Waals surface area contributed by atoms with Crippen LogP contribution in [0.25, 0.3) is 0 Å². The number of rotatable bonds is 9. The second kappa shape index (κ2) is 12.1. The summed E-state index contributed by atoms with van der Waals surface area (Å²) >= 11 is 0. The monoisotopic (exact) mass is 582 g/mol. The molecule has 4 rings (SSSR count). The van der Waals surface area contributed by atoms with Gasteiger partial charge in [-0.1, -0.05) is 0 Å². The third kappa shape index (κ3) is 4.80. The average Bonchev–Trinajstić information content (AvgIpc) is 2.99. The third-order valence-electron chi connectivity index (χ3n) is 8.29. The molecular weight excluding hydrogens is 544 g/mol. The Morgan fingerprint density at radius 2 is 1.39 bits per heavy atom. The number of phenols is 2. The number of ether oxygens (including phenoxy) is 6. The quantitative estimate of drug-likeness (QED) is 0.207. The first kappa shape index (κ1) is 30.9. The maximum atomic E-state index is 11.4. The van der Waals surface area contributed by atoms with E-state index in [1.54, 1.807) is 6.07 Å². The molecule has 0 radical (unpaired) electrons. The highest BCUT2D eigenvalue weighted by atomic mass is 16.7. The van der Waals surface area contributed by atoms with E-state index in [0.29, 0.717) is 16.7 Å². The summed E-state index contributed by atoms with van der Waals surface area (Å²) in [5.41, 5.74) is 1.46. The molecule has 0 bridgehead atoms. The van der Waals surface area contributed by atoms with E-state index < -0.39 is 61.2 Å². The maximum Gasteiger partial charge on any atom is 0.201 e. The van der Waals surface area contributed by atoms with E-state index in [1.165, 1.54) is 47.7 Å². The summed E-state index contributed by atoms with van der Waals surface area (Å²) in [7, 11) is 6.69. The zero-order chi connectivity index (χ0) is 30.2. The molecule has 2 aromatic rings. The van der Waals surface area contributed by atoms with Crippen molar-refractivity contribution in [3.05, 3.63) is 34.9 Å². The van der Waals surface area contributed by atoms with E-state index in [-0.39, 0.29) is 40.9 Å². The van der Waals surface area contributed by atoms with E-state index in [1.807, 2.05) is 0 Å². The minimum Gasteiger partial charge on any atom is -0.502 e. The molecule has 228 valence electrons. The van der Waals surface area contributed by atoms with Gasteiger partial charge in [-0.2, -0.15) is 0 Å². The van der Waals surface area contributed by atoms with Crippen molar-refractivity contribution in [2.45, 2.75) is 42.5 Å². The normalized spacial score (nSPS) is 31.3. The van der Waals surface area contributed by atoms with Crippen LogP contribution in [0.2, 0.25) is 0 Å². The SMILES string of the molecule is COc1cc([C@H]2c3c(cc(OC)c(O)c3OC)C[C@@H](CO)C2C2(OC)O[C@H](CO)[C@@H](O)[C@H](O)[C@H]2O)cc(OC)c1O. The summed E-state index contributed by atoms with van der Waals surface area (Å²) in [5, 5.41) is 75.3. The number of benzene rings is 2. The standard InChI is InChI=1S/C28H38O13/c1-36-15-8-13(9-16(37-2)22(15)31)19-20-12(7-17(38-3)24(33)26(20)39-4)6-14(10-29)21(19)28(40-5)27(35)25(34)23(32)18(11-30)41-28/h7-9,14,18-19,21,23,25,27,29-35H,6,10-11H2,1-5H3/t14-,18+,19-,21?,23+,25-,27+,28?/m0/s1. The highest BCUT2D eigenvalue weighted by Crippen LogP contribution is 2.58. The lowest BCUT2D eigenvalue weighted by Gasteiger charge is -2.55. The highest BCUT2D eigenvalue weighted by molar-refractivity contribution is 5.64. The topological polar surface area (TPSA) is 197 Å². The van der Waals surface area contributed by atoms with Crippen LogP contribution in [0.1, 0.15) is 22.6 Å². The Balaban J connectivity index is 2.11. The van der Waals surface area contributed by atoms with Crippen LogP contribution in [0.15, 0.2) is 18.2 Å². The molecule has 13 heteroatoms. The van der Waals surface area contributed by atoms with Crippen LogP contribution in [-0.2, 0) is 15.9 Å². The smallest absolute Gasteiger partial charge is 0.201 e. The number of aromatic hydroxyl groups is 2. The zero-order valence-corrected chi connectivity index (χ0v) is 23.5. The predicted octanol–water partition coefficient (Wildman–Crippen LogP) is -0.139. The molecule has 2 aromatic carbocycles. The Labute approximate surface area is 237 Å². The molecule has 2 unspecified atom stereocenters. The van der Waals surface area contributed by atoms with E-state index in [4.69, 9.17) is 28.4 Å². The molecule has 0 aromatic heterocycles. The molecule has 13 nitrogen and oxygen atoms in total. The molecular formula is C28H38O13. The molecule has 1 saturated heterocycles. The maximum absolute atomic E-state index is 11.4. The van der Waals surface area contributed by atoms with Gasteiger partial charge in [-0.05, 0) is 41.7 Å². The molecule has 0 spiro atoms. The van der Waals surface area contributed by atoms with Gasteiger partial charge in [0.2, 0.25) is 17.3 Å². The Morgan fingerprint density at radius 3 is 1.88 bits per heavy atom. The van der Waals surface area contributed by atoms with Gasteiger partial charge >= 0.3 is 0 Å². The first-order valence-electron chi connectivity index (χ1n) is 13.0. The van der Waals surface area contributed by atoms with Crippen molar-refractivity contribution in [1.82, 2.24) is 0 Å². The summed E-state index contributed by atoms with van der Waals surface area (Å²) in [6.45, 7) is -1.15. The number of aliphatic hydroxyl groups excluding tert-OH is 5. The number of hydrogen-bond donors (Lipinski definition) is 7. The number of aliphatic hydroxyl groups is 5. The lowest BCUT2D eigenvalue weighted by Crippen LogP contribution is -2.70. The summed E-state index contributed by atoms with van der Waals surface area (Å²) < 4.78 is 33.8. The van der Waals surface area contributed by atoms with Gasteiger partial charge in [0.25, 0.3) is 0 Å². The molecule has 8 atom stereocenters. The van der Waals surface area contributed by atoms with Crippen LogP contribution in [0.4, 0.5) is 0 Å². The Bertz CT molecular complexity index is 1210. The van der Waals surface area contributed by atoms with Gasteiger partial charge in [0.05, 0.1) is 35.0 Å². The van der Waals surface area contributed by atoms with Crippen LogP contribution in [-0.4, -0.2) is 115 Å². The van der Waals surface area contributed by atoms with Gasteiger partial charge < -0.3 is 64.2 Å². The van der Waals surface area contributed by atoms with Gasteiger partial charge in [-0.15, -0.1) is 0 Å². The fourth-order valence-electron chi connectivity index (χ4n) is 6.38. The summed E-state index contributed by atoms with van der Waals surface area (Å²) in [6, 6.07) is 4.65. The summed E-state index contributed by atoms with van der Waals surface area (Å²) in [6.07, 6.45) is -6.48. The molecule has 1 aliphatic carbocycles. The molecule has 1 aliphatic heterocycles. The molecule has 7 N–H and O–H groups in total. The fraction of sp³-hybridized carbons (Fsp3) is 0.571. The van der Waals surface area contributed by atoms with Crippen molar-refractivity contribution in [3.63, 3.8) is 0 Å². The molecule has 2 aliphatic rings. The third-order valence-corrected chi connectivity index (χ3v) is 8.29. The Kier molecular flexibility index (Phi) is 9.09. The fourth-order valence-corrected chi connectivity index (χ4v) is 6.38. The van der Waals surface area contributed by atoms with Crippen LogP contribution in [0.5, 0.6) is 34.5 Å². The summed E-state index contributed by atoms with van der Waals surface area (Å²) in [5.74, 6) is -5.18. The van der Waals surface area contributed by atoms with Crippen molar-refractivity contribution in [2.75, 3.05) is 48.8 Å². The molecule has 1 heterocycles. The van der Waals surface area contributed by atoms with Crippen molar-refractivity contribution >= 4 is 0 Å². The van der Waals surface area contributed by atoms with Crippen LogP contribution < -0.4 is 18.9 Å². The largest absolute Gasteiger partial charge is 0.502 e. The number of fused-ring (bicyclic) bond motifs is 1. The lowest BCUT2D eigenvalue weighted by molar-refractivity contribution is -0.383. The van der Waals surface area contributed by atoms with Crippen LogP contribution >= 0.6 is 0 Å². The van der Waals surface area contributed by atoms with Crippen LogP contribution in [0.3, 0.4) is 0 Å².